The van der Waals surface area contributed by atoms with Crippen LogP contribution in [-0.4, -0.2) is 44.6 Å². The van der Waals surface area contributed by atoms with Crippen LogP contribution < -0.4 is 15.5 Å². The highest BCUT2D eigenvalue weighted by molar-refractivity contribution is 6.31. The highest BCUT2D eigenvalue weighted by atomic mass is 35.5. The van der Waals surface area contributed by atoms with Crippen LogP contribution >= 0.6 is 11.6 Å². The first-order valence-electron chi connectivity index (χ1n) is 11.8. The number of carbonyl (C=O) groups is 1. The normalized spacial score (nSPS) is 11.7. The topological polar surface area (TPSA) is 110 Å². The van der Waals surface area contributed by atoms with Gasteiger partial charge in [0, 0.05) is 35.1 Å². The van der Waals surface area contributed by atoms with Gasteiger partial charge >= 0.3 is 6.03 Å². The molecule has 0 unspecified atom stereocenters. The van der Waals surface area contributed by atoms with Crippen molar-refractivity contribution in [2.45, 2.75) is 26.8 Å². The molecule has 1 atom stereocenters. The largest absolute Gasteiger partial charge is 0.479 e. The number of aromatic nitrogens is 4. The number of aryl methyl sites for hydroxylation is 1. The van der Waals surface area contributed by atoms with E-state index in [0.717, 1.165) is 11.6 Å². The van der Waals surface area contributed by atoms with Crippen molar-refractivity contribution < 1.29 is 22.8 Å². The smallest absolute Gasteiger partial charge is 0.336 e. The number of halogens is 3. The van der Waals surface area contributed by atoms with Crippen molar-refractivity contribution in [3.8, 4) is 22.7 Å². The molecule has 0 spiro atoms. The highest BCUT2D eigenvalue weighted by Gasteiger charge is 2.22. The molecule has 0 aliphatic carbocycles. The van der Waals surface area contributed by atoms with E-state index in [2.05, 4.69) is 32.6 Å². The number of carbonyl (C=O) groups excluding carboxylic acids is 1. The first-order valence-corrected chi connectivity index (χ1v) is 12.2. The summed E-state index contributed by atoms with van der Waals surface area (Å²) < 4.78 is 41.7. The fourth-order valence-corrected chi connectivity index (χ4v) is 3.99. The summed E-state index contributed by atoms with van der Waals surface area (Å²) in [4.78, 5) is 17.1. The Kier molecular flexibility index (Phi) is 8.15. The molecule has 2 amide bonds. The molecule has 3 aromatic heterocycles. The third-order valence-corrected chi connectivity index (χ3v) is 5.94. The molecule has 0 aliphatic heterocycles. The molecule has 13 heteroatoms. The number of nitrogens with one attached hydrogen (secondary N) is 2. The number of pyridine rings is 1. The average molecular weight is 558 g/mol. The Morgan fingerprint density at radius 3 is 2.64 bits per heavy atom. The quantitative estimate of drug-likeness (QED) is 0.264. The van der Waals surface area contributed by atoms with Gasteiger partial charge < -0.3 is 14.6 Å². The number of rotatable bonds is 9. The van der Waals surface area contributed by atoms with Gasteiger partial charge in [-0.2, -0.15) is 5.10 Å². The Bertz CT molecular complexity index is 1520. The lowest BCUT2D eigenvalue weighted by Crippen LogP contribution is -2.48. The first kappa shape index (κ1) is 27.6. The predicted octanol–water partition coefficient (Wildman–Crippen LogP) is 5.44. The van der Waals surface area contributed by atoms with Crippen molar-refractivity contribution in [2.75, 3.05) is 13.7 Å². The van der Waals surface area contributed by atoms with E-state index in [1.54, 1.807) is 26.2 Å². The van der Waals surface area contributed by atoms with Gasteiger partial charge in [0.2, 0.25) is 0 Å². The Labute approximate surface area is 228 Å². The molecule has 0 saturated carbocycles. The van der Waals surface area contributed by atoms with E-state index >= 15 is 4.39 Å². The number of hydrogen-bond donors (Lipinski definition) is 2. The summed E-state index contributed by atoms with van der Waals surface area (Å²) in [7, 11) is 1.44. The molecule has 0 bridgehead atoms. The molecule has 4 aromatic rings. The number of ether oxygens (including phenoxy) is 1. The van der Waals surface area contributed by atoms with Crippen molar-refractivity contribution in [1.29, 1.82) is 0 Å². The van der Waals surface area contributed by atoms with Crippen LogP contribution in [0.1, 0.15) is 36.9 Å². The van der Waals surface area contributed by atoms with Crippen molar-refractivity contribution >= 4 is 23.3 Å². The Hall–Kier alpha value is -4.45. The fourth-order valence-electron chi connectivity index (χ4n) is 3.79. The number of hydrogen-bond acceptors (Lipinski definition) is 7. The summed E-state index contributed by atoms with van der Waals surface area (Å²) in [6, 6.07) is 4.02. The molecule has 0 saturated heterocycles. The molecule has 4 rings (SSSR count). The van der Waals surface area contributed by atoms with Crippen LogP contribution in [0, 0.1) is 18.6 Å². The third-order valence-electron chi connectivity index (χ3n) is 5.73. The van der Waals surface area contributed by atoms with Crippen LogP contribution in [-0.2, 0) is 0 Å². The molecular weight excluding hydrogens is 532 g/mol. The molecule has 0 radical (unpaired) electrons. The number of benzene rings is 1. The fraction of sp³-hybridized carbons (Fsp3) is 0.231. The van der Waals surface area contributed by atoms with Crippen LogP contribution in [0.5, 0.6) is 5.88 Å². The zero-order valence-corrected chi connectivity index (χ0v) is 22.4. The van der Waals surface area contributed by atoms with Crippen LogP contribution in [0.15, 0.2) is 54.0 Å². The zero-order chi connectivity index (χ0) is 28.3. The maximum Gasteiger partial charge on any atom is 0.336 e. The van der Waals surface area contributed by atoms with E-state index in [-0.39, 0.29) is 45.8 Å². The number of amides is 2. The maximum absolute atomic E-state index is 15.3. The van der Waals surface area contributed by atoms with Crippen LogP contribution in [0.4, 0.5) is 13.6 Å². The van der Waals surface area contributed by atoms with E-state index in [4.69, 9.17) is 20.9 Å². The van der Waals surface area contributed by atoms with Gasteiger partial charge in [-0.3, -0.25) is 10.4 Å². The number of methoxy groups -OCH3 is 1. The minimum atomic E-state index is -0.814. The van der Waals surface area contributed by atoms with Crippen molar-refractivity contribution in [1.82, 2.24) is 35.7 Å². The Morgan fingerprint density at radius 1 is 1.26 bits per heavy atom. The monoisotopic (exact) mass is 557 g/mol. The van der Waals surface area contributed by atoms with Gasteiger partial charge in [-0.1, -0.05) is 18.2 Å². The molecule has 0 aliphatic rings. The number of hydrazine groups is 1. The van der Waals surface area contributed by atoms with Gasteiger partial charge in [0.1, 0.15) is 11.5 Å². The van der Waals surface area contributed by atoms with Gasteiger partial charge in [-0.15, -0.1) is 0 Å². The molecule has 3 heterocycles. The van der Waals surface area contributed by atoms with Crippen molar-refractivity contribution in [3.05, 3.63) is 83.1 Å². The zero-order valence-electron chi connectivity index (χ0n) is 21.6. The SMILES string of the molecule is C=C(NN(CC)C(=O)N[C@H](C)c1ncc(-c2cc(Cl)cc(F)c2-n2cc(C)cn2)cc1F)c1cc(OC)no1. The van der Waals surface area contributed by atoms with E-state index in [9.17, 15) is 9.18 Å². The molecule has 2 N–H and O–H groups in total. The van der Waals surface area contributed by atoms with Gasteiger partial charge in [0.15, 0.2) is 11.6 Å². The Balaban J connectivity index is 1.53. The molecule has 10 nitrogen and oxygen atoms in total. The predicted molar refractivity (Wildman–Crippen MR) is 141 cm³/mol. The highest BCUT2D eigenvalue weighted by Crippen LogP contribution is 2.33. The second-order valence-electron chi connectivity index (χ2n) is 8.58. The minimum Gasteiger partial charge on any atom is -0.479 e. The van der Waals surface area contributed by atoms with E-state index in [0.29, 0.717) is 5.56 Å². The summed E-state index contributed by atoms with van der Waals surface area (Å²) in [5, 5.41) is 11.9. The standard InChI is InChI=1S/C26H26ClF2N7O3/c1-6-35(33-15(3)22-10-23(38-5)34-39-22)26(37)32-16(4)24-20(28)7-17(12-30-24)19-8-18(27)9-21(29)25(19)36-13-14(2)11-31-36/h7-13,16,33H,3,6H2,1-2,4-5H3,(H,32,37)/t16-/m1/s1. The van der Waals surface area contributed by atoms with Gasteiger partial charge in [-0.25, -0.2) is 23.3 Å². The first-order chi connectivity index (χ1) is 18.6. The average Bonchev–Trinajstić information content (AvgIpc) is 3.55. The van der Waals surface area contributed by atoms with Gasteiger partial charge in [-0.05, 0) is 49.7 Å². The van der Waals surface area contributed by atoms with Crippen LogP contribution in [0.2, 0.25) is 5.02 Å². The van der Waals surface area contributed by atoms with E-state index in [1.807, 2.05) is 6.92 Å². The number of nitrogens with zero attached hydrogens (tertiary/aromatic N) is 5. The lowest BCUT2D eigenvalue weighted by molar-refractivity contribution is 0.183. The molecule has 1 aromatic carbocycles. The van der Waals surface area contributed by atoms with Crippen LogP contribution in [0.25, 0.3) is 22.5 Å². The Morgan fingerprint density at radius 2 is 2.03 bits per heavy atom. The lowest BCUT2D eigenvalue weighted by Gasteiger charge is -2.25. The molecule has 204 valence electrons. The van der Waals surface area contributed by atoms with E-state index < -0.39 is 23.7 Å². The van der Waals surface area contributed by atoms with Gasteiger partial charge in [0.05, 0.1) is 36.8 Å². The summed E-state index contributed by atoms with van der Waals surface area (Å²) in [6.07, 6.45) is 4.61. The molecular formula is C26H26ClF2N7O3. The van der Waals surface area contributed by atoms with Crippen molar-refractivity contribution in [3.63, 3.8) is 0 Å². The second-order valence-corrected chi connectivity index (χ2v) is 9.01. The summed E-state index contributed by atoms with van der Waals surface area (Å²) in [6.45, 7) is 9.23. The van der Waals surface area contributed by atoms with E-state index in [1.165, 1.54) is 41.2 Å². The van der Waals surface area contributed by atoms with Gasteiger partial charge in [0.25, 0.3) is 5.88 Å². The van der Waals surface area contributed by atoms with Crippen molar-refractivity contribution in [2.24, 2.45) is 0 Å². The maximum atomic E-state index is 15.3. The lowest BCUT2D eigenvalue weighted by atomic mass is 10.0. The summed E-state index contributed by atoms with van der Waals surface area (Å²) >= 11 is 6.11. The molecule has 0 fully saturated rings. The minimum absolute atomic E-state index is 0.0130. The van der Waals surface area contributed by atoms with Crippen LogP contribution in [0.3, 0.4) is 0 Å². The molecule has 39 heavy (non-hydrogen) atoms. The third kappa shape index (κ3) is 6.01. The second kappa shape index (κ2) is 11.5. The summed E-state index contributed by atoms with van der Waals surface area (Å²) in [5.74, 6) is -0.788. The number of urea groups is 1. The summed E-state index contributed by atoms with van der Waals surface area (Å²) in [5.41, 5.74) is 4.60.